The molecule has 0 spiro atoms. The zero-order valence-corrected chi connectivity index (χ0v) is 47.9. The summed E-state index contributed by atoms with van der Waals surface area (Å²) in [6.45, 7) is 10.4. The highest BCUT2D eigenvalue weighted by molar-refractivity contribution is 5.98. The van der Waals surface area contributed by atoms with Gasteiger partial charge in [0.2, 0.25) is 0 Å². The third-order valence-corrected chi connectivity index (χ3v) is 13.9. The average Bonchev–Trinajstić information content (AvgIpc) is 4.45. The molecule has 0 bridgehead atoms. The zero-order valence-electron chi connectivity index (χ0n) is 47.9. The van der Waals surface area contributed by atoms with Gasteiger partial charge in [-0.15, -0.1) is 0 Å². The number of Topliss-reactive ketones (excluding diaryl/α,β-unsaturated/α-hetero) is 3. The SMILES string of the molecule is CC(C)(COC(=O)c1ccccc1)N1C(=O)CO[C@@H]1CC(=O)c1ccccc1.CC(C)(COC(=O)c1ccccc1)N1C(=O)CO[C@H]1CC(=O)c1ccccc1.CC(C)(COC(=O)c1ccccc1)N1C(=O)CO[C@H]1CC(=O)c1ccccc1. The number of amides is 3. The van der Waals surface area contributed by atoms with E-state index in [0.717, 1.165) is 0 Å². The van der Waals surface area contributed by atoms with Gasteiger partial charge in [-0.2, -0.15) is 0 Å². The lowest BCUT2D eigenvalue weighted by molar-refractivity contribution is -0.136. The summed E-state index contributed by atoms with van der Waals surface area (Å²) in [6, 6.07) is 52.6. The van der Waals surface area contributed by atoms with Crippen molar-refractivity contribution in [3.8, 4) is 0 Å². The first kappa shape index (κ1) is 62.6. The number of carbonyl (C=O) groups excluding carboxylic acids is 9. The second-order valence-corrected chi connectivity index (χ2v) is 21.8. The lowest BCUT2D eigenvalue weighted by atomic mass is 10.0. The molecule has 18 nitrogen and oxygen atoms in total. The van der Waals surface area contributed by atoms with Gasteiger partial charge >= 0.3 is 17.9 Å². The highest BCUT2D eigenvalue weighted by atomic mass is 16.6. The number of nitrogens with zero attached hydrogens (tertiary/aromatic N) is 3. The van der Waals surface area contributed by atoms with Crippen molar-refractivity contribution < 1.29 is 71.6 Å². The van der Waals surface area contributed by atoms with Gasteiger partial charge in [-0.3, -0.25) is 28.8 Å². The summed E-state index contributed by atoms with van der Waals surface area (Å²) in [5.41, 5.74) is 0.573. The van der Waals surface area contributed by atoms with Crippen LogP contribution < -0.4 is 0 Å². The van der Waals surface area contributed by atoms with Crippen LogP contribution in [0, 0.1) is 0 Å². The summed E-state index contributed by atoms with van der Waals surface area (Å²) in [5.74, 6) is -2.40. The molecule has 0 unspecified atom stereocenters. The first-order valence-corrected chi connectivity index (χ1v) is 27.4. The van der Waals surface area contributed by atoms with Crippen molar-refractivity contribution in [1.82, 2.24) is 14.7 Å². The Morgan fingerprint density at radius 3 is 0.738 bits per heavy atom. The number of ketones is 3. The van der Waals surface area contributed by atoms with E-state index in [1.54, 1.807) is 187 Å². The molecule has 438 valence electrons. The van der Waals surface area contributed by atoms with Gasteiger partial charge in [0.25, 0.3) is 17.7 Å². The topological polar surface area (TPSA) is 219 Å². The molecule has 0 aliphatic carbocycles. The van der Waals surface area contributed by atoms with Crippen LogP contribution in [0.3, 0.4) is 0 Å². The minimum atomic E-state index is -0.820. The molecule has 3 fully saturated rings. The molecule has 3 amide bonds. The number of ether oxygens (including phenoxy) is 6. The Morgan fingerprint density at radius 2 is 0.536 bits per heavy atom. The van der Waals surface area contributed by atoms with Gasteiger partial charge < -0.3 is 43.1 Å². The molecular weight excluding hydrogens is 1070 g/mol. The van der Waals surface area contributed by atoms with E-state index in [0.29, 0.717) is 33.4 Å². The van der Waals surface area contributed by atoms with Crippen LogP contribution in [0.5, 0.6) is 0 Å². The number of esters is 3. The van der Waals surface area contributed by atoms with Crippen LogP contribution in [0.25, 0.3) is 0 Å². The molecule has 3 aliphatic rings. The van der Waals surface area contributed by atoms with Crippen molar-refractivity contribution in [2.24, 2.45) is 0 Å². The fourth-order valence-corrected chi connectivity index (χ4v) is 9.66. The van der Waals surface area contributed by atoms with Crippen LogP contribution in [0.2, 0.25) is 0 Å². The van der Waals surface area contributed by atoms with Crippen LogP contribution in [0.1, 0.15) is 123 Å². The van der Waals surface area contributed by atoms with Crippen molar-refractivity contribution in [1.29, 1.82) is 0 Å². The van der Waals surface area contributed by atoms with Crippen LogP contribution in [-0.4, -0.2) is 143 Å². The minimum Gasteiger partial charge on any atom is -0.460 e. The maximum absolute atomic E-state index is 12.5. The molecule has 9 rings (SSSR count). The molecule has 3 aliphatic heterocycles. The first-order valence-electron chi connectivity index (χ1n) is 27.4. The number of benzene rings is 6. The van der Waals surface area contributed by atoms with E-state index in [4.69, 9.17) is 28.4 Å². The molecule has 0 N–H and O–H groups in total. The van der Waals surface area contributed by atoms with E-state index in [-0.39, 0.29) is 94.0 Å². The quantitative estimate of drug-likeness (QED) is 0.0373. The van der Waals surface area contributed by atoms with Crippen molar-refractivity contribution in [3.05, 3.63) is 215 Å². The van der Waals surface area contributed by atoms with E-state index in [1.165, 1.54) is 14.7 Å². The van der Waals surface area contributed by atoms with Crippen molar-refractivity contribution in [2.75, 3.05) is 39.6 Å². The number of hydrogen-bond acceptors (Lipinski definition) is 15. The second-order valence-electron chi connectivity index (χ2n) is 21.8. The lowest BCUT2D eigenvalue weighted by Gasteiger charge is -2.37. The zero-order chi connectivity index (χ0) is 60.4. The maximum Gasteiger partial charge on any atom is 0.338 e. The van der Waals surface area contributed by atoms with Gasteiger partial charge in [0.05, 0.1) is 52.6 Å². The standard InChI is InChI=1S/3C22H23NO5/c3*1-22(2,15-28-21(26)17-11-7-4-8-12-17)23-19(25)14-27-20(23)13-18(24)16-9-5-3-6-10-16/h3*3-12,20H,13-15H2,1-2H3/t3*20-/m100/s1. The van der Waals surface area contributed by atoms with Crippen LogP contribution in [-0.2, 0) is 42.8 Å². The van der Waals surface area contributed by atoms with Crippen molar-refractivity contribution >= 4 is 53.0 Å². The number of hydrogen-bond donors (Lipinski definition) is 0. The Labute approximate surface area is 488 Å². The van der Waals surface area contributed by atoms with Crippen molar-refractivity contribution in [2.45, 2.75) is 96.1 Å². The third kappa shape index (κ3) is 16.8. The number of rotatable bonds is 21. The minimum absolute atomic E-state index is 0.00808. The molecular formula is C66H69N3O15. The highest BCUT2D eigenvalue weighted by Gasteiger charge is 2.46. The molecule has 0 radical (unpaired) electrons. The van der Waals surface area contributed by atoms with E-state index < -0.39 is 53.2 Å². The molecule has 0 aromatic heterocycles. The van der Waals surface area contributed by atoms with Gasteiger partial charge in [0.1, 0.15) is 58.3 Å². The number of carbonyl (C=O) groups is 9. The first-order chi connectivity index (χ1) is 40.1. The molecule has 3 saturated heterocycles. The molecule has 0 saturated carbocycles. The summed E-state index contributed by atoms with van der Waals surface area (Å²) in [5, 5.41) is 0. The smallest absolute Gasteiger partial charge is 0.338 e. The van der Waals surface area contributed by atoms with Gasteiger partial charge in [-0.25, -0.2) is 14.4 Å². The normalized spacial score (nSPS) is 16.9. The summed E-state index contributed by atoms with van der Waals surface area (Å²) in [7, 11) is 0. The molecule has 6 aromatic rings. The maximum atomic E-state index is 12.5. The summed E-state index contributed by atoms with van der Waals surface area (Å²) in [4.78, 5) is 116. The Hall–Kier alpha value is -8.97. The predicted octanol–water partition coefficient (Wildman–Crippen LogP) is 9.24. The Bertz CT molecular complexity index is 2890. The fourth-order valence-electron chi connectivity index (χ4n) is 9.66. The lowest BCUT2D eigenvalue weighted by Crippen LogP contribution is -2.53. The fraction of sp³-hybridized carbons (Fsp3) is 0.318. The molecule has 18 heteroatoms. The van der Waals surface area contributed by atoms with Gasteiger partial charge in [0, 0.05) is 16.7 Å². The molecule has 84 heavy (non-hydrogen) atoms. The average molecular weight is 1140 g/mol. The second kappa shape index (κ2) is 28.8. The van der Waals surface area contributed by atoms with Gasteiger partial charge in [0.15, 0.2) is 17.3 Å². The van der Waals surface area contributed by atoms with Gasteiger partial charge in [-0.1, -0.05) is 146 Å². The Morgan fingerprint density at radius 1 is 0.345 bits per heavy atom. The molecule has 3 atom stereocenters. The summed E-state index contributed by atoms with van der Waals surface area (Å²) in [6.07, 6.45) is -1.93. The van der Waals surface area contributed by atoms with E-state index >= 15 is 0 Å². The predicted molar refractivity (Wildman–Crippen MR) is 308 cm³/mol. The summed E-state index contributed by atoms with van der Waals surface area (Å²) < 4.78 is 32.9. The highest BCUT2D eigenvalue weighted by Crippen LogP contribution is 2.31. The van der Waals surface area contributed by atoms with E-state index in [2.05, 4.69) is 0 Å². The largest absolute Gasteiger partial charge is 0.460 e. The monoisotopic (exact) mass is 1140 g/mol. The van der Waals surface area contributed by atoms with E-state index in [1.807, 2.05) is 36.4 Å². The Balaban J connectivity index is 0.000000181. The van der Waals surface area contributed by atoms with Crippen LogP contribution in [0.4, 0.5) is 0 Å². The summed E-state index contributed by atoms with van der Waals surface area (Å²) >= 11 is 0. The molecule has 3 heterocycles. The van der Waals surface area contributed by atoms with Gasteiger partial charge in [-0.05, 0) is 77.9 Å². The van der Waals surface area contributed by atoms with Crippen LogP contribution in [0.15, 0.2) is 182 Å². The molecule has 6 aromatic carbocycles. The van der Waals surface area contributed by atoms with Crippen molar-refractivity contribution in [3.63, 3.8) is 0 Å². The van der Waals surface area contributed by atoms with Crippen LogP contribution >= 0.6 is 0 Å². The Kier molecular flexibility index (Phi) is 21.5. The van der Waals surface area contributed by atoms with E-state index in [9.17, 15) is 43.2 Å². The third-order valence-electron chi connectivity index (χ3n) is 13.9.